The highest BCUT2D eigenvalue weighted by atomic mass is 79.9. The molecule has 2 N–H and O–H groups in total. The third kappa shape index (κ3) is 14.0. The molecule has 0 atom stereocenters. The van der Waals surface area contributed by atoms with E-state index in [0.29, 0.717) is 22.7 Å². The maximum absolute atomic E-state index is 9.72. The van der Waals surface area contributed by atoms with Gasteiger partial charge in [-0.3, -0.25) is 19.9 Å². The molecule has 0 unspecified atom stereocenters. The standard InChI is InChI=1S/C50H32N4.C30H21BN4O2.C20H13Br/c1-2-13-33(14-3-1)48-41-22-6-8-24-43(41)49(44-25-9-7-23-42(44)48)36-18-11-19-37(28-36)50-53-46(35-17-10-16-34(27-35)38-20-12-26-51-30-38)29-47(54-50)45-32-52-31-39-15-4-5-21-40(39)45;36-31(37)25-11-4-9-22(15-25)30-34-28(21-8-3-7-20(14-21)23-10-5-13-32-17-23)16-29(35-30)27-19-33-18-24-6-1-2-12-26(24)27;21-20-17-12-6-4-10-15(17)19(14-8-2-1-3-9-14)16-11-5-7-13-18(16)20/h1-32H;1-19,36-37H;1-13H. The van der Waals surface area contributed by atoms with E-state index in [-0.39, 0.29) is 0 Å². The van der Waals surface area contributed by atoms with E-state index in [1.807, 2.05) is 110 Å². The molecule has 12 heteroatoms. The van der Waals surface area contributed by atoms with Crippen molar-refractivity contribution >= 4 is 93.1 Å². The molecule has 20 aromatic rings. The Hall–Kier alpha value is -14.1. The number of pyridine rings is 4. The van der Waals surface area contributed by atoms with E-state index in [1.54, 1.807) is 30.6 Å². The number of hydrogen-bond acceptors (Lipinski definition) is 10. The first-order valence-electron chi connectivity index (χ1n) is 37.0. The second-order valence-corrected chi connectivity index (χ2v) is 28.1. The number of nitrogens with zero attached hydrogens (tertiary/aromatic N) is 8. The molecule has 0 saturated carbocycles. The third-order valence-corrected chi connectivity index (χ3v) is 21.3. The van der Waals surface area contributed by atoms with Gasteiger partial charge in [0, 0.05) is 109 Å². The highest BCUT2D eigenvalue weighted by Gasteiger charge is 2.22. The second-order valence-electron chi connectivity index (χ2n) is 27.3. The summed E-state index contributed by atoms with van der Waals surface area (Å²) >= 11 is 3.79. The lowest BCUT2D eigenvalue weighted by Crippen LogP contribution is -2.29. The normalized spacial score (nSPS) is 11.2. The molecule has 0 bridgehead atoms. The summed E-state index contributed by atoms with van der Waals surface area (Å²) in [4.78, 5) is 38.1. The molecule has 14 aromatic carbocycles. The maximum Gasteiger partial charge on any atom is 0.488 e. The molecule has 528 valence electrons. The molecule has 6 aromatic heterocycles. The van der Waals surface area contributed by atoms with Crippen molar-refractivity contribution in [2.45, 2.75) is 0 Å². The maximum atomic E-state index is 9.72. The first kappa shape index (κ1) is 69.6. The van der Waals surface area contributed by atoms with Gasteiger partial charge in [0.2, 0.25) is 0 Å². The summed E-state index contributed by atoms with van der Waals surface area (Å²) in [5.41, 5.74) is 20.4. The number of halogens is 1. The number of hydrogen-bond donors (Lipinski definition) is 2. The van der Waals surface area contributed by atoms with Gasteiger partial charge in [-0.15, -0.1) is 0 Å². The van der Waals surface area contributed by atoms with Crippen LogP contribution in [0.5, 0.6) is 0 Å². The number of benzene rings is 14. The zero-order valence-electron chi connectivity index (χ0n) is 60.4. The average molecular weight is 1500 g/mol. The third-order valence-electron chi connectivity index (χ3n) is 20.4. The van der Waals surface area contributed by atoms with Crippen molar-refractivity contribution in [2.75, 3.05) is 0 Å². The van der Waals surface area contributed by atoms with E-state index in [9.17, 15) is 10.0 Å². The van der Waals surface area contributed by atoms with E-state index in [0.717, 1.165) is 100.0 Å². The van der Waals surface area contributed by atoms with Crippen LogP contribution < -0.4 is 5.46 Å². The van der Waals surface area contributed by atoms with Gasteiger partial charge < -0.3 is 10.0 Å². The SMILES string of the molecule is Brc1c2ccccc2c(-c2ccccc2)c2ccccc12.OB(O)c1cccc(-c2nc(-c3cccc(-c4cccnc4)c3)cc(-c3cncc4ccccc34)n2)c1.c1ccc(-c2c3ccccc3c(-c3cccc(-c4nc(-c5cccc(-c6cccnc6)c5)cc(-c5cncc6ccccc56)n4)c3)c3ccccc23)cc1. The number of aromatic nitrogens is 8. The van der Waals surface area contributed by atoms with E-state index in [1.165, 1.54) is 75.4 Å². The van der Waals surface area contributed by atoms with Crippen molar-refractivity contribution in [1.29, 1.82) is 0 Å². The molecular weight excluding hydrogens is 1440 g/mol. The predicted molar refractivity (Wildman–Crippen MR) is 464 cm³/mol. The fourth-order valence-electron chi connectivity index (χ4n) is 15.1. The summed E-state index contributed by atoms with van der Waals surface area (Å²) in [5.74, 6) is 1.13. The highest BCUT2D eigenvalue weighted by Crippen LogP contribution is 2.46. The van der Waals surface area contributed by atoms with E-state index >= 15 is 0 Å². The Kier molecular flexibility index (Phi) is 19.4. The van der Waals surface area contributed by atoms with Crippen LogP contribution in [-0.2, 0) is 0 Å². The summed E-state index contributed by atoms with van der Waals surface area (Å²) in [7, 11) is -1.58. The van der Waals surface area contributed by atoms with Crippen molar-refractivity contribution in [3.8, 4) is 123 Å². The summed E-state index contributed by atoms with van der Waals surface area (Å²) < 4.78 is 1.17. The lowest BCUT2D eigenvalue weighted by molar-refractivity contribution is 0.426. The van der Waals surface area contributed by atoms with Crippen LogP contribution in [0.3, 0.4) is 0 Å². The molecule has 0 spiro atoms. The van der Waals surface area contributed by atoms with Crippen LogP contribution >= 0.6 is 15.9 Å². The molecule has 0 amide bonds. The molecular formula is C100H66BBrN8O2. The molecule has 0 aliphatic carbocycles. The summed E-state index contributed by atoms with van der Waals surface area (Å²) in [6.45, 7) is 0. The largest absolute Gasteiger partial charge is 0.488 e. The van der Waals surface area contributed by atoms with Crippen molar-refractivity contribution in [1.82, 2.24) is 39.9 Å². The van der Waals surface area contributed by atoms with Gasteiger partial charge >= 0.3 is 7.12 Å². The van der Waals surface area contributed by atoms with E-state index in [4.69, 9.17) is 19.9 Å². The van der Waals surface area contributed by atoms with Crippen LogP contribution in [-0.4, -0.2) is 57.0 Å². The minimum absolute atomic E-state index is 0.374. The Morgan fingerprint density at radius 3 is 0.973 bits per heavy atom. The zero-order valence-corrected chi connectivity index (χ0v) is 62.0. The van der Waals surface area contributed by atoms with Crippen molar-refractivity contribution in [3.63, 3.8) is 0 Å². The Morgan fingerprint density at radius 2 is 0.545 bits per heavy atom. The number of fused-ring (bicyclic) bond motifs is 6. The van der Waals surface area contributed by atoms with Gasteiger partial charge in [0.15, 0.2) is 11.6 Å². The van der Waals surface area contributed by atoms with Crippen molar-refractivity contribution in [2.24, 2.45) is 0 Å². The minimum atomic E-state index is -1.58. The second kappa shape index (κ2) is 31.2. The van der Waals surface area contributed by atoms with Gasteiger partial charge in [-0.2, -0.15) is 0 Å². The van der Waals surface area contributed by atoms with Crippen LogP contribution in [0.2, 0.25) is 0 Å². The van der Waals surface area contributed by atoms with Gasteiger partial charge in [-0.05, 0) is 162 Å². The predicted octanol–water partition coefficient (Wildman–Crippen LogP) is 23.9. The average Bonchev–Trinajstić information content (AvgIpc) is 0.739. The van der Waals surface area contributed by atoms with Crippen LogP contribution in [0.4, 0.5) is 0 Å². The number of rotatable bonds is 12. The van der Waals surface area contributed by atoms with Gasteiger partial charge in [-0.1, -0.05) is 297 Å². The van der Waals surface area contributed by atoms with Gasteiger partial charge in [0.25, 0.3) is 0 Å². The smallest absolute Gasteiger partial charge is 0.423 e. The Morgan fingerprint density at radius 1 is 0.223 bits per heavy atom. The Labute approximate surface area is 655 Å². The van der Waals surface area contributed by atoms with E-state index < -0.39 is 7.12 Å². The van der Waals surface area contributed by atoms with Crippen LogP contribution in [0.25, 0.3) is 188 Å². The van der Waals surface area contributed by atoms with Crippen LogP contribution in [0.15, 0.2) is 394 Å². The lowest BCUT2D eigenvalue weighted by Gasteiger charge is -2.18. The molecule has 0 fully saturated rings. The molecule has 0 aliphatic rings. The topological polar surface area (TPSA) is 144 Å². The summed E-state index contributed by atoms with van der Waals surface area (Å²) in [6, 6.07) is 117. The van der Waals surface area contributed by atoms with Crippen molar-refractivity contribution in [3.05, 3.63) is 394 Å². The molecule has 0 saturated heterocycles. The highest BCUT2D eigenvalue weighted by molar-refractivity contribution is 9.10. The van der Waals surface area contributed by atoms with Gasteiger partial charge in [0.1, 0.15) is 0 Å². The molecule has 0 aliphatic heterocycles. The fraction of sp³-hybridized carbons (Fsp3) is 0. The quantitative estimate of drug-likeness (QED) is 0.0896. The zero-order chi connectivity index (χ0) is 75.3. The molecule has 6 heterocycles. The first-order chi connectivity index (χ1) is 55.3. The van der Waals surface area contributed by atoms with Crippen LogP contribution in [0.1, 0.15) is 0 Å². The molecule has 20 rings (SSSR count). The molecule has 10 nitrogen and oxygen atoms in total. The van der Waals surface area contributed by atoms with E-state index in [2.05, 4.69) is 285 Å². The summed E-state index contributed by atoms with van der Waals surface area (Å²) in [6.07, 6.45) is 14.8. The lowest BCUT2D eigenvalue weighted by atomic mass is 9.79. The Balaban J connectivity index is 0.000000130. The monoisotopic (exact) mass is 1500 g/mol. The summed E-state index contributed by atoms with van der Waals surface area (Å²) in [5, 5.41) is 33.6. The van der Waals surface area contributed by atoms with Gasteiger partial charge in [0.05, 0.1) is 22.8 Å². The molecule has 0 radical (unpaired) electrons. The van der Waals surface area contributed by atoms with Crippen LogP contribution in [0, 0.1) is 0 Å². The molecule has 112 heavy (non-hydrogen) atoms. The fourth-order valence-corrected chi connectivity index (χ4v) is 15.8. The minimum Gasteiger partial charge on any atom is -0.423 e. The van der Waals surface area contributed by atoms with Crippen molar-refractivity contribution < 1.29 is 10.0 Å². The first-order valence-corrected chi connectivity index (χ1v) is 37.8. The Bertz CT molecular complexity index is 6770. The van der Waals surface area contributed by atoms with Gasteiger partial charge in [-0.25, -0.2) is 19.9 Å².